The maximum Gasteiger partial charge on any atom is 0.204 e. The molecule has 0 atom stereocenters. The van der Waals surface area contributed by atoms with Crippen LogP contribution in [-0.2, 0) is 0 Å². The number of benzene rings is 1. The van der Waals surface area contributed by atoms with Gasteiger partial charge in [-0.2, -0.15) is 0 Å². The van der Waals surface area contributed by atoms with Crippen LogP contribution in [0.4, 0.5) is 0 Å². The molecular formula is C11H4Br2ClIOS. The highest BCUT2D eigenvalue weighted by molar-refractivity contribution is 14.1. The van der Waals surface area contributed by atoms with Crippen molar-refractivity contribution in [2.24, 2.45) is 0 Å². The minimum absolute atomic E-state index is 0.00620. The molecule has 0 radical (unpaired) electrons. The molecule has 0 amide bonds. The van der Waals surface area contributed by atoms with Crippen molar-refractivity contribution in [1.29, 1.82) is 0 Å². The number of carbonyl (C=O) groups is 1. The van der Waals surface area contributed by atoms with E-state index in [0.29, 0.717) is 15.5 Å². The van der Waals surface area contributed by atoms with Crippen LogP contribution in [0, 0.1) is 3.57 Å². The Labute approximate surface area is 138 Å². The summed E-state index contributed by atoms with van der Waals surface area (Å²) in [5, 5.41) is 0.573. The minimum Gasteiger partial charge on any atom is -0.288 e. The Balaban J connectivity index is 2.47. The molecule has 0 aliphatic heterocycles. The van der Waals surface area contributed by atoms with Crippen LogP contribution in [0.3, 0.4) is 0 Å². The Kier molecular flexibility index (Phi) is 4.68. The maximum absolute atomic E-state index is 12.3. The molecule has 0 fully saturated rings. The van der Waals surface area contributed by atoms with Crippen molar-refractivity contribution >= 4 is 83.2 Å². The quantitative estimate of drug-likeness (QED) is 0.374. The van der Waals surface area contributed by atoms with Gasteiger partial charge in [0.05, 0.1) is 13.7 Å². The average molecular weight is 506 g/mol. The number of hydrogen-bond acceptors (Lipinski definition) is 2. The van der Waals surface area contributed by atoms with Crippen molar-refractivity contribution in [3.05, 3.63) is 51.6 Å². The third kappa shape index (κ3) is 3.12. The fraction of sp³-hybridized carbons (Fsp3) is 0. The topological polar surface area (TPSA) is 17.1 Å². The van der Waals surface area contributed by atoms with Gasteiger partial charge in [-0.25, -0.2) is 0 Å². The summed E-state index contributed by atoms with van der Waals surface area (Å²) in [6.07, 6.45) is 0. The molecule has 1 aromatic heterocycles. The van der Waals surface area contributed by atoms with Crippen molar-refractivity contribution in [2.75, 3.05) is 0 Å². The van der Waals surface area contributed by atoms with Gasteiger partial charge in [-0.1, -0.05) is 27.5 Å². The van der Waals surface area contributed by atoms with E-state index < -0.39 is 0 Å². The highest BCUT2D eigenvalue weighted by Crippen LogP contribution is 2.34. The van der Waals surface area contributed by atoms with E-state index in [1.807, 2.05) is 18.2 Å². The van der Waals surface area contributed by atoms with Crippen molar-refractivity contribution in [1.82, 2.24) is 0 Å². The summed E-state index contributed by atoms with van der Waals surface area (Å²) in [5.41, 5.74) is 0.686. The van der Waals surface area contributed by atoms with Crippen LogP contribution in [0.2, 0.25) is 5.02 Å². The highest BCUT2D eigenvalue weighted by atomic mass is 127. The number of thiophene rings is 1. The molecule has 0 saturated heterocycles. The first-order valence-electron chi connectivity index (χ1n) is 4.43. The second-order valence-electron chi connectivity index (χ2n) is 3.19. The molecule has 2 aromatic rings. The number of ketones is 1. The number of halogens is 4. The first kappa shape index (κ1) is 14.0. The van der Waals surface area contributed by atoms with Crippen molar-refractivity contribution in [3.8, 4) is 0 Å². The second-order valence-corrected chi connectivity index (χ2v) is 8.04. The van der Waals surface area contributed by atoms with Gasteiger partial charge in [-0.15, -0.1) is 11.3 Å². The van der Waals surface area contributed by atoms with E-state index in [1.165, 1.54) is 11.3 Å². The van der Waals surface area contributed by atoms with Gasteiger partial charge in [0.1, 0.15) is 0 Å². The fourth-order valence-corrected chi connectivity index (χ4v) is 3.86. The molecule has 0 aliphatic rings. The molecule has 1 aromatic carbocycles. The van der Waals surface area contributed by atoms with E-state index in [4.69, 9.17) is 11.6 Å². The zero-order chi connectivity index (χ0) is 12.6. The van der Waals surface area contributed by atoms with E-state index >= 15 is 0 Å². The lowest BCUT2D eigenvalue weighted by Crippen LogP contribution is -2.01. The molecule has 0 unspecified atom stereocenters. The Hall–Kier alpha value is 0.570. The Morgan fingerprint density at radius 2 is 2.00 bits per heavy atom. The summed E-state index contributed by atoms with van der Waals surface area (Å²) in [5.74, 6) is -0.00620. The molecule has 0 bridgehead atoms. The maximum atomic E-state index is 12.3. The molecule has 17 heavy (non-hydrogen) atoms. The molecule has 0 aliphatic carbocycles. The number of carbonyl (C=O) groups excluding carboxylic acids is 1. The molecule has 1 heterocycles. The smallest absolute Gasteiger partial charge is 0.204 e. The highest BCUT2D eigenvalue weighted by Gasteiger charge is 2.17. The SMILES string of the molecule is O=C(c1cc(Cl)c(Br)s1)c1cc(Br)ccc1I. The van der Waals surface area contributed by atoms with E-state index in [9.17, 15) is 4.79 Å². The van der Waals surface area contributed by atoms with Gasteiger partial charge in [0.25, 0.3) is 0 Å². The Morgan fingerprint density at radius 3 is 2.59 bits per heavy atom. The summed E-state index contributed by atoms with van der Waals surface area (Å²) >= 11 is 16.1. The summed E-state index contributed by atoms with van der Waals surface area (Å²) in [7, 11) is 0. The van der Waals surface area contributed by atoms with Crippen LogP contribution in [-0.4, -0.2) is 5.78 Å². The van der Waals surface area contributed by atoms with Crippen LogP contribution >= 0.6 is 77.4 Å². The summed E-state index contributed by atoms with van der Waals surface area (Å²) in [6, 6.07) is 7.33. The zero-order valence-corrected chi connectivity index (χ0v) is 15.0. The predicted octanol–water partition coefficient (Wildman–Crippen LogP) is 5.76. The Morgan fingerprint density at radius 1 is 1.29 bits per heavy atom. The van der Waals surface area contributed by atoms with Gasteiger partial charge in [-0.05, 0) is 62.8 Å². The van der Waals surface area contributed by atoms with E-state index in [1.54, 1.807) is 6.07 Å². The molecule has 0 spiro atoms. The van der Waals surface area contributed by atoms with Crippen molar-refractivity contribution in [3.63, 3.8) is 0 Å². The van der Waals surface area contributed by atoms with Gasteiger partial charge in [0, 0.05) is 13.6 Å². The molecule has 2 rings (SSSR count). The van der Waals surface area contributed by atoms with Crippen LogP contribution in [0.15, 0.2) is 32.5 Å². The zero-order valence-electron chi connectivity index (χ0n) is 8.14. The van der Waals surface area contributed by atoms with Crippen LogP contribution in [0.1, 0.15) is 15.2 Å². The Bertz CT molecular complexity index is 578. The van der Waals surface area contributed by atoms with E-state index in [2.05, 4.69) is 54.5 Å². The van der Waals surface area contributed by atoms with Crippen molar-refractivity contribution < 1.29 is 4.79 Å². The number of rotatable bonds is 2. The van der Waals surface area contributed by atoms with Crippen LogP contribution in [0.25, 0.3) is 0 Å². The van der Waals surface area contributed by atoms with Gasteiger partial charge < -0.3 is 0 Å². The lowest BCUT2D eigenvalue weighted by molar-refractivity contribution is 0.104. The minimum atomic E-state index is -0.00620. The fourth-order valence-electron chi connectivity index (χ4n) is 1.26. The lowest BCUT2D eigenvalue weighted by atomic mass is 10.1. The van der Waals surface area contributed by atoms with E-state index in [-0.39, 0.29) is 5.78 Å². The van der Waals surface area contributed by atoms with Crippen LogP contribution in [0.5, 0.6) is 0 Å². The first-order chi connectivity index (χ1) is 7.99. The third-order valence-corrected chi connectivity index (χ3v) is 5.95. The van der Waals surface area contributed by atoms with Gasteiger partial charge in [0.2, 0.25) is 5.78 Å². The molecular weight excluding hydrogens is 502 g/mol. The van der Waals surface area contributed by atoms with Crippen LogP contribution < -0.4 is 0 Å². The molecule has 1 nitrogen and oxygen atoms in total. The second kappa shape index (κ2) is 5.69. The normalized spacial score (nSPS) is 10.6. The van der Waals surface area contributed by atoms with Crippen molar-refractivity contribution in [2.45, 2.75) is 0 Å². The first-order valence-corrected chi connectivity index (χ1v) is 8.29. The van der Waals surface area contributed by atoms with Gasteiger partial charge in [0.15, 0.2) is 0 Å². The molecule has 0 N–H and O–H groups in total. The predicted molar refractivity (Wildman–Crippen MR) is 87.3 cm³/mol. The number of hydrogen-bond donors (Lipinski definition) is 0. The molecule has 88 valence electrons. The summed E-state index contributed by atoms with van der Waals surface area (Å²) < 4.78 is 2.60. The lowest BCUT2D eigenvalue weighted by Gasteiger charge is -2.02. The summed E-state index contributed by atoms with van der Waals surface area (Å²) in [4.78, 5) is 12.9. The van der Waals surface area contributed by atoms with E-state index in [0.717, 1.165) is 11.8 Å². The summed E-state index contributed by atoms with van der Waals surface area (Å²) in [6.45, 7) is 0. The van der Waals surface area contributed by atoms with Gasteiger partial charge >= 0.3 is 0 Å². The molecule has 0 saturated carbocycles. The largest absolute Gasteiger partial charge is 0.288 e. The third-order valence-electron chi connectivity index (χ3n) is 2.04. The average Bonchev–Trinajstić information content (AvgIpc) is 2.62. The van der Waals surface area contributed by atoms with Gasteiger partial charge in [-0.3, -0.25) is 4.79 Å². The standard InChI is InChI=1S/C11H4Br2ClIOS/c12-5-1-2-8(15)6(3-5)10(16)9-4-7(14)11(13)17-9/h1-4H. The molecule has 6 heteroatoms. The monoisotopic (exact) mass is 504 g/mol.